The number of rotatable bonds is 41. The normalized spacial score (nSPS) is 12.5. The van der Waals surface area contributed by atoms with Crippen LogP contribution in [0.25, 0.3) is 0 Å². The standard InChI is InChI=1S/C33H56N7O18P/c1-48-59(2,47)58-29-5-3-28(4-6-29)25-30(33(43)36-9-12-51-15-18-54-21-24-57-39-46)40(26-31(41)34-7-10-49-13-16-52-19-22-55-37-44)27-32(42)35-8-11-50-14-17-53-20-23-56-38-45/h3-6,30H,7-27H2,1-2H3,(H,34,41)(H,35,42)(H,36,43). The van der Waals surface area contributed by atoms with Crippen molar-refractivity contribution in [3.63, 3.8) is 0 Å². The molecule has 0 aliphatic carbocycles. The van der Waals surface area contributed by atoms with Gasteiger partial charge in [-0.2, -0.15) is 0 Å². The van der Waals surface area contributed by atoms with E-state index in [0.717, 1.165) is 0 Å². The molecule has 0 heterocycles. The Morgan fingerprint density at radius 2 is 0.966 bits per heavy atom. The average molecular weight is 870 g/mol. The Kier molecular flexibility index (Phi) is 31.6. The summed E-state index contributed by atoms with van der Waals surface area (Å²) in [6, 6.07) is 5.38. The van der Waals surface area contributed by atoms with Crippen LogP contribution >= 0.6 is 7.60 Å². The fourth-order valence-electron chi connectivity index (χ4n) is 4.54. The number of hydrogen-bond donors (Lipinski definition) is 3. The van der Waals surface area contributed by atoms with Gasteiger partial charge in [-0.05, 0) is 24.1 Å². The Bertz CT molecular complexity index is 1310. The average Bonchev–Trinajstić information content (AvgIpc) is 3.22. The minimum Gasteiger partial charge on any atom is -0.425 e. The van der Waals surface area contributed by atoms with Crippen molar-refractivity contribution in [1.82, 2.24) is 20.9 Å². The van der Waals surface area contributed by atoms with Gasteiger partial charge in [-0.1, -0.05) is 12.1 Å². The maximum atomic E-state index is 13.8. The highest BCUT2D eigenvalue weighted by molar-refractivity contribution is 7.53. The lowest BCUT2D eigenvalue weighted by atomic mass is 10.0. The van der Waals surface area contributed by atoms with Crippen molar-refractivity contribution < 1.29 is 70.9 Å². The highest BCUT2D eigenvalue weighted by atomic mass is 31.2. The van der Waals surface area contributed by atoms with Crippen molar-refractivity contribution in [2.24, 2.45) is 16.0 Å². The molecule has 0 aliphatic heterocycles. The van der Waals surface area contributed by atoms with Crippen LogP contribution in [0.5, 0.6) is 5.75 Å². The monoisotopic (exact) mass is 869 g/mol. The molecule has 0 aliphatic rings. The van der Waals surface area contributed by atoms with E-state index in [-0.39, 0.29) is 144 Å². The molecule has 25 nitrogen and oxygen atoms in total. The summed E-state index contributed by atoms with van der Waals surface area (Å²) in [5.74, 6) is -1.22. The molecule has 59 heavy (non-hydrogen) atoms. The van der Waals surface area contributed by atoms with Gasteiger partial charge in [0.25, 0.3) is 0 Å². The molecular formula is C33H56N7O18P. The van der Waals surface area contributed by atoms with Gasteiger partial charge in [0.15, 0.2) is 16.0 Å². The second-order valence-corrected chi connectivity index (χ2v) is 13.8. The summed E-state index contributed by atoms with van der Waals surface area (Å²) in [6.07, 6.45) is 0.0429. The molecule has 336 valence electrons. The Morgan fingerprint density at radius 1 is 0.593 bits per heavy atom. The molecule has 1 aromatic rings. The van der Waals surface area contributed by atoms with Gasteiger partial charge < -0.3 is 67.9 Å². The van der Waals surface area contributed by atoms with Crippen LogP contribution in [-0.4, -0.2) is 174 Å². The lowest BCUT2D eigenvalue weighted by Gasteiger charge is -2.30. The number of benzene rings is 1. The van der Waals surface area contributed by atoms with Crippen molar-refractivity contribution in [3.8, 4) is 5.75 Å². The number of ether oxygens (including phenoxy) is 6. The molecule has 0 aromatic heterocycles. The first-order valence-electron chi connectivity index (χ1n) is 18.4. The lowest BCUT2D eigenvalue weighted by Crippen LogP contribution is -2.54. The van der Waals surface area contributed by atoms with Crippen LogP contribution in [0.1, 0.15) is 5.56 Å². The molecule has 0 fully saturated rings. The van der Waals surface area contributed by atoms with E-state index in [2.05, 4.69) is 46.5 Å². The molecule has 2 atom stereocenters. The summed E-state index contributed by atoms with van der Waals surface area (Å²) in [6.45, 7) is 3.01. The molecule has 0 spiro atoms. The van der Waals surface area contributed by atoms with Gasteiger partial charge in [0.05, 0.1) is 98.4 Å². The Balaban J connectivity index is 3.00. The van der Waals surface area contributed by atoms with Crippen LogP contribution in [0.4, 0.5) is 0 Å². The van der Waals surface area contributed by atoms with Crippen LogP contribution in [0.15, 0.2) is 40.3 Å². The Morgan fingerprint density at radius 3 is 1.36 bits per heavy atom. The molecule has 26 heteroatoms. The fourth-order valence-corrected chi connectivity index (χ4v) is 5.12. The Hall–Kier alpha value is -4.46. The molecule has 3 amide bonds. The van der Waals surface area contributed by atoms with Crippen LogP contribution in [0.2, 0.25) is 0 Å². The molecular weight excluding hydrogens is 813 g/mol. The summed E-state index contributed by atoms with van der Waals surface area (Å²) in [5.41, 5.74) is 0.628. The minimum absolute atomic E-state index is 0.00196. The van der Waals surface area contributed by atoms with Crippen molar-refractivity contribution in [3.05, 3.63) is 44.6 Å². The van der Waals surface area contributed by atoms with E-state index < -0.39 is 31.4 Å². The zero-order valence-electron chi connectivity index (χ0n) is 33.3. The summed E-state index contributed by atoms with van der Waals surface area (Å²) in [5, 5.41) is 15.0. The van der Waals surface area contributed by atoms with E-state index in [0.29, 0.717) is 5.56 Å². The molecule has 1 rings (SSSR count). The van der Waals surface area contributed by atoms with Crippen molar-refractivity contribution in [2.45, 2.75) is 12.5 Å². The number of carbonyl (C=O) groups is 3. The molecule has 0 bridgehead atoms. The summed E-state index contributed by atoms with van der Waals surface area (Å²) in [7, 11) is -2.08. The van der Waals surface area contributed by atoms with Gasteiger partial charge >= 0.3 is 7.60 Å². The third kappa shape index (κ3) is 29.4. The highest BCUT2D eigenvalue weighted by Gasteiger charge is 2.30. The number of nitrogens with one attached hydrogen (secondary N) is 3. The van der Waals surface area contributed by atoms with E-state index in [1.165, 1.54) is 18.7 Å². The summed E-state index contributed by atoms with van der Waals surface area (Å²) < 4.78 is 54.7. The molecule has 0 saturated heterocycles. The van der Waals surface area contributed by atoms with Gasteiger partial charge in [0, 0.05) is 33.4 Å². The van der Waals surface area contributed by atoms with Crippen LogP contribution in [0.3, 0.4) is 0 Å². The quantitative estimate of drug-likeness (QED) is 0.0345. The second-order valence-electron chi connectivity index (χ2n) is 11.7. The van der Waals surface area contributed by atoms with Crippen LogP contribution in [-0.2, 0) is 72.8 Å². The first-order chi connectivity index (χ1) is 28.6. The summed E-state index contributed by atoms with van der Waals surface area (Å²) in [4.78, 5) is 84.4. The van der Waals surface area contributed by atoms with Crippen molar-refractivity contribution in [1.29, 1.82) is 0 Å². The van der Waals surface area contributed by atoms with E-state index in [1.807, 2.05) is 0 Å². The van der Waals surface area contributed by atoms with Crippen LogP contribution < -0.4 is 20.5 Å². The van der Waals surface area contributed by atoms with Gasteiger partial charge in [-0.3, -0.25) is 19.3 Å². The first kappa shape index (κ1) is 52.6. The van der Waals surface area contributed by atoms with E-state index >= 15 is 0 Å². The molecule has 1 aromatic carbocycles. The minimum atomic E-state index is -3.34. The lowest BCUT2D eigenvalue weighted by molar-refractivity contribution is -0.131. The van der Waals surface area contributed by atoms with Crippen LogP contribution in [0, 0.1) is 14.7 Å². The maximum absolute atomic E-state index is 13.8. The van der Waals surface area contributed by atoms with Crippen molar-refractivity contribution >= 4 is 25.3 Å². The number of hydrogen-bond acceptors (Lipinski definition) is 22. The zero-order chi connectivity index (χ0) is 43.2. The smallest absolute Gasteiger partial charge is 0.375 e. The second kappa shape index (κ2) is 35.5. The molecule has 0 radical (unpaired) electrons. The third-order valence-electron chi connectivity index (χ3n) is 7.31. The topological polar surface area (TPSA) is 297 Å². The van der Waals surface area contributed by atoms with Crippen molar-refractivity contribution in [2.75, 3.05) is 146 Å². The van der Waals surface area contributed by atoms with Gasteiger partial charge in [-0.15, -0.1) is 14.7 Å². The van der Waals surface area contributed by atoms with Gasteiger partial charge in [0.1, 0.15) is 25.6 Å². The zero-order valence-corrected chi connectivity index (χ0v) is 34.2. The molecule has 2 unspecified atom stereocenters. The number of amides is 3. The Labute approximate surface area is 341 Å². The number of nitrogens with zero attached hydrogens (tertiary/aromatic N) is 4. The largest absolute Gasteiger partial charge is 0.425 e. The van der Waals surface area contributed by atoms with Gasteiger partial charge in [-0.25, -0.2) is 4.57 Å². The highest BCUT2D eigenvalue weighted by Crippen LogP contribution is 2.43. The first-order valence-corrected chi connectivity index (χ1v) is 20.4. The third-order valence-corrected chi connectivity index (χ3v) is 8.51. The van der Waals surface area contributed by atoms with E-state index in [9.17, 15) is 33.7 Å². The maximum Gasteiger partial charge on any atom is 0.375 e. The van der Waals surface area contributed by atoms with Gasteiger partial charge in [0.2, 0.25) is 17.7 Å². The SMILES string of the molecule is COP(C)(=O)Oc1ccc(CC(C(=O)NCCOCCOCCON=O)N(CC(=O)NCCOCCOCCON=O)CC(=O)NCCOCCOCCON=O)cc1. The number of carbonyl (C=O) groups excluding carboxylic acids is 3. The molecule has 0 saturated carbocycles. The summed E-state index contributed by atoms with van der Waals surface area (Å²) >= 11 is 0. The predicted octanol–water partition coefficient (Wildman–Crippen LogP) is 0.290. The molecule has 3 N–H and O–H groups in total. The van der Waals surface area contributed by atoms with E-state index in [4.69, 9.17) is 37.5 Å². The predicted molar refractivity (Wildman–Crippen MR) is 206 cm³/mol. The fraction of sp³-hybridized carbons (Fsp3) is 0.727. The van der Waals surface area contributed by atoms with E-state index in [1.54, 1.807) is 24.3 Å².